The second kappa shape index (κ2) is 5.38. The Balaban J connectivity index is 2.32. The molecule has 2 rings (SSSR count). The first-order chi connectivity index (χ1) is 9.13. The van der Waals surface area contributed by atoms with E-state index in [1.165, 1.54) is 7.11 Å². The van der Waals surface area contributed by atoms with Crippen molar-refractivity contribution in [2.45, 2.75) is 13.0 Å². The normalized spacial score (nSPS) is 11.9. The van der Waals surface area contributed by atoms with Gasteiger partial charge in [-0.1, -0.05) is 6.07 Å². The number of anilines is 1. The molecular weight excluding hydrogens is 248 g/mol. The van der Waals surface area contributed by atoms with Crippen LogP contribution < -0.4 is 10.1 Å². The van der Waals surface area contributed by atoms with Gasteiger partial charge in [0, 0.05) is 12.4 Å². The van der Waals surface area contributed by atoms with Crippen molar-refractivity contribution in [2.75, 3.05) is 12.4 Å². The van der Waals surface area contributed by atoms with E-state index in [0.29, 0.717) is 11.5 Å². The molecule has 1 heterocycles. The number of imidazole rings is 1. The zero-order chi connectivity index (χ0) is 13.8. The van der Waals surface area contributed by atoms with Crippen LogP contribution in [0.25, 0.3) is 0 Å². The molecular formula is C12H14N4O3. The number of rotatable bonds is 5. The summed E-state index contributed by atoms with van der Waals surface area (Å²) in [5.74, 6) is 0.929. The van der Waals surface area contributed by atoms with Crippen LogP contribution in [0.3, 0.4) is 0 Å². The standard InChI is InChI=1S/C12H14N4O3/c1-8(12-13-6-7-14-12)15-9-4-3-5-10(19-2)11(9)16(17)18/h3-8,15H,1-2H3,(H,13,14). The van der Waals surface area contributed by atoms with Crippen LogP contribution in [-0.4, -0.2) is 22.0 Å². The number of benzene rings is 1. The van der Waals surface area contributed by atoms with Crippen molar-refractivity contribution < 1.29 is 9.66 Å². The summed E-state index contributed by atoms with van der Waals surface area (Å²) in [6, 6.07) is 4.71. The van der Waals surface area contributed by atoms with E-state index < -0.39 is 4.92 Å². The number of nitrogens with one attached hydrogen (secondary N) is 2. The Kier molecular flexibility index (Phi) is 3.65. The summed E-state index contributed by atoms with van der Waals surface area (Å²) in [5, 5.41) is 14.2. The third kappa shape index (κ3) is 2.65. The van der Waals surface area contributed by atoms with Crippen molar-refractivity contribution in [1.29, 1.82) is 0 Å². The van der Waals surface area contributed by atoms with Crippen molar-refractivity contribution in [3.05, 3.63) is 46.5 Å². The molecule has 0 spiro atoms. The zero-order valence-corrected chi connectivity index (χ0v) is 10.6. The fourth-order valence-electron chi connectivity index (χ4n) is 1.81. The molecule has 0 bridgehead atoms. The lowest BCUT2D eigenvalue weighted by Crippen LogP contribution is -2.10. The number of ether oxygens (including phenoxy) is 1. The van der Waals surface area contributed by atoms with Crippen LogP contribution in [0, 0.1) is 10.1 Å². The van der Waals surface area contributed by atoms with Crippen molar-refractivity contribution in [3.8, 4) is 5.75 Å². The Morgan fingerprint density at radius 2 is 2.32 bits per heavy atom. The molecule has 1 aromatic heterocycles. The molecule has 7 heteroatoms. The third-order valence-corrected chi connectivity index (χ3v) is 2.70. The Morgan fingerprint density at radius 1 is 1.53 bits per heavy atom. The molecule has 2 N–H and O–H groups in total. The van der Waals surface area contributed by atoms with Crippen molar-refractivity contribution in [1.82, 2.24) is 9.97 Å². The number of hydrogen-bond donors (Lipinski definition) is 2. The third-order valence-electron chi connectivity index (χ3n) is 2.70. The maximum atomic E-state index is 11.1. The lowest BCUT2D eigenvalue weighted by atomic mass is 10.2. The lowest BCUT2D eigenvalue weighted by molar-refractivity contribution is -0.384. The highest BCUT2D eigenvalue weighted by atomic mass is 16.6. The van der Waals surface area contributed by atoms with E-state index in [0.717, 1.165) is 0 Å². The summed E-state index contributed by atoms with van der Waals surface area (Å²) in [5.41, 5.74) is 0.316. The Morgan fingerprint density at radius 3 is 2.89 bits per heavy atom. The summed E-state index contributed by atoms with van der Waals surface area (Å²) in [4.78, 5) is 17.7. The van der Waals surface area contributed by atoms with Crippen LogP contribution in [0.5, 0.6) is 5.75 Å². The van der Waals surface area contributed by atoms with Crippen molar-refractivity contribution in [2.24, 2.45) is 0 Å². The minimum atomic E-state index is -0.462. The van der Waals surface area contributed by atoms with E-state index in [1.807, 2.05) is 6.92 Å². The molecule has 1 unspecified atom stereocenters. The van der Waals surface area contributed by atoms with Gasteiger partial charge in [0.2, 0.25) is 0 Å². The number of hydrogen-bond acceptors (Lipinski definition) is 5. The van der Waals surface area contributed by atoms with E-state index >= 15 is 0 Å². The molecule has 0 aliphatic carbocycles. The summed E-state index contributed by atoms with van der Waals surface area (Å²) in [6.07, 6.45) is 3.33. The van der Waals surface area contributed by atoms with Crippen LogP contribution in [-0.2, 0) is 0 Å². The van der Waals surface area contributed by atoms with Crippen LogP contribution in [0.1, 0.15) is 18.8 Å². The highest BCUT2D eigenvalue weighted by Crippen LogP contribution is 2.35. The molecule has 0 fully saturated rings. The number of methoxy groups -OCH3 is 1. The van der Waals surface area contributed by atoms with Gasteiger partial charge in [-0.15, -0.1) is 0 Å². The van der Waals surface area contributed by atoms with Gasteiger partial charge < -0.3 is 15.0 Å². The van der Waals surface area contributed by atoms with Gasteiger partial charge in [-0.2, -0.15) is 0 Å². The summed E-state index contributed by atoms with van der Waals surface area (Å²) < 4.78 is 5.01. The number of aromatic nitrogens is 2. The second-order valence-corrected chi connectivity index (χ2v) is 3.95. The van der Waals surface area contributed by atoms with Crippen LogP contribution in [0.4, 0.5) is 11.4 Å². The van der Waals surface area contributed by atoms with Gasteiger partial charge in [0.1, 0.15) is 11.5 Å². The minimum absolute atomic E-state index is 0.0802. The van der Waals surface area contributed by atoms with Crippen molar-refractivity contribution >= 4 is 11.4 Å². The SMILES string of the molecule is COc1cccc(NC(C)c2ncc[nH]2)c1[N+](=O)[O-]. The highest BCUT2D eigenvalue weighted by molar-refractivity contribution is 5.68. The minimum Gasteiger partial charge on any atom is -0.490 e. The molecule has 0 amide bonds. The molecule has 7 nitrogen and oxygen atoms in total. The average molecular weight is 262 g/mol. The predicted molar refractivity (Wildman–Crippen MR) is 70.3 cm³/mol. The number of nitro benzene ring substituents is 1. The molecule has 0 aliphatic rings. The summed E-state index contributed by atoms with van der Waals surface area (Å²) >= 11 is 0. The Hall–Kier alpha value is -2.57. The van der Waals surface area contributed by atoms with Crippen LogP contribution >= 0.6 is 0 Å². The van der Waals surface area contributed by atoms with E-state index in [4.69, 9.17) is 4.74 Å². The summed E-state index contributed by atoms with van der Waals surface area (Å²) in [6.45, 7) is 1.86. The topological polar surface area (TPSA) is 93.1 Å². The van der Waals surface area contributed by atoms with Gasteiger partial charge in [0.05, 0.1) is 18.1 Å². The fraction of sp³-hybridized carbons (Fsp3) is 0.250. The Labute approximate surface area is 109 Å². The van der Waals surface area contributed by atoms with E-state index in [9.17, 15) is 10.1 Å². The molecule has 100 valence electrons. The zero-order valence-electron chi connectivity index (χ0n) is 10.6. The molecule has 2 aromatic rings. The predicted octanol–water partition coefficient (Wildman–Crippen LogP) is 2.50. The first-order valence-electron chi connectivity index (χ1n) is 5.70. The highest BCUT2D eigenvalue weighted by Gasteiger charge is 2.22. The number of nitro groups is 1. The van der Waals surface area contributed by atoms with Crippen LogP contribution in [0.2, 0.25) is 0 Å². The molecule has 0 radical (unpaired) electrons. The van der Waals surface area contributed by atoms with Gasteiger partial charge in [0.15, 0.2) is 5.75 Å². The maximum absolute atomic E-state index is 11.1. The van der Waals surface area contributed by atoms with Gasteiger partial charge >= 0.3 is 5.69 Å². The van der Waals surface area contributed by atoms with Gasteiger partial charge in [0.25, 0.3) is 0 Å². The molecule has 1 aromatic carbocycles. The molecule has 0 saturated carbocycles. The van der Waals surface area contributed by atoms with E-state index in [-0.39, 0.29) is 17.5 Å². The first-order valence-corrected chi connectivity index (χ1v) is 5.70. The molecule has 1 atom stereocenters. The maximum Gasteiger partial charge on any atom is 0.333 e. The first kappa shape index (κ1) is 12.9. The van der Waals surface area contributed by atoms with Gasteiger partial charge in [-0.05, 0) is 19.1 Å². The summed E-state index contributed by atoms with van der Waals surface area (Å²) in [7, 11) is 1.40. The average Bonchev–Trinajstić information content (AvgIpc) is 2.92. The largest absolute Gasteiger partial charge is 0.490 e. The monoisotopic (exact) mass is 262 g/mol. The molecule has 0 saturated heterocycles. The number of H-pyrrole nitrogens is 1. The Bertz CT molecular complexity index is 568. The van der Waals surface area contributed by atoms with Gasteiger partial charge in [-0.3, -0.25) is 10.1 Å². The smallest absolute Gasteiger partial charge is 0.333 e. The number of para-hydroxylation sites is 1. The van der Waals surface area contributed by atoms with E-state index in [1.54, 1.807) is 30.6 Å². The van der Waals surface area contributed by atoms with Crippen molar-refractivity contribution in [3.63, 3.8) is 0 Å². The molecule has 0 aliphatic heterocycles. The molecule has 19 heavy (non-hydrogen) atoms. The fourth-order valence-corrected chi connectivity index (χ4v) is 1.81. The lowest BCUT2D eigenvalue weighted by Gasteiger charge is -2.14. The van der Waals surface area contributed by atoms with Gasteiger partial charge in [-0.25, -0.2) is 4.98 Å². The quantitative estimate of drug-likeness (QED) is 0.637. The number of aromatic amines is 1. The second-order valence-electron chi connectivity index (χ2n) is 3.95. The van der Waals surface area contributed by atoms with Crippen LogP contribution in [0.15, 0.2) is 30.6 Å². The van der Waals surface area contributed by atoms with E-state index in [2.05, 4.69) is 15.3 Å². The number of nitrogens with zero attached hydrogens (tertiary/aromatic N) is 2.